The molecule has 2 heterocycles. The second kappa shape index (κ2) is 8.40. The lowest BCUT2D eigenvalue weighted by atomic mass is 9.96. The van der Waals surface area contributed by atoms with Gasteiger partial charge in [-0.3, -0.25) is 4.90 Å². The average Bonchev–Trinajstić information content (AvgIpc) is 3.11. The van der Waals surface area contributed by atoms with Crippen molar-refractivity contribution in [1.29, 1.82) is 0 Å². The first-order valence-electron chi connectivity index (χ1n) is 8.34. The zero-order chi connectivity index (χ0) is 17.6. The molecule has 0 atom stereocenters. The summed E-state index contributed by atoms with van der Waals surface area (Å²) in [6.07, 6.45) is 2.00. The van der Waals surface area contributed by atoms with Crippen LogP contribution in [0.15, 0.2) is 35.0 Å². The first-order valence-corrected chi connectivity index (χ1v) is 9.28. The van der Waals surface area contributed by atoms with Crippen molar-refractivity contribution >= 4 is 23.1 Å². The molecular weight excluding hydrogens is 344 g/mol. The molecule has 1 saturated heterocycles. The predicted octanol–water partition coefficient (Wildman–Crippen LogP) is 4.06. The van der Waals surface area contributed by atoms with Crippen molar-refractivity contribution in [2.24, 2.45) is 5.92 Å². The monoisotopic (exact) mass is 365 g/mol. The van der Waals surface area contributed by atoms with Gasteiger partial charge in [-0.15, -0.1) is 0 Å². The van der Waals surface area contributed by atoms with Crippen LogP contribution in [0.4, 0.5) is 19.3 Å². The van der Waals surface area contributed by atoms with Crippen LogP contribution in [0.1, 0.15) is 18.4 Å². The van der Waals surface area contributed by atoms with E-state index in [1.54, 1.807) is 11.3 Å². The molecule has 1 fully saturated rings. The maximum Gasteiger partial charge on any atom is 0.319 e. The normalized spacial score (nSPS) is 15.9. The van der Waals surface area contributed by atoms with Gasteiger partial charge in [0.2, 0.25) is 0 Å². The number of rotatable bonds is 5. The summed E-state index contributed by atoms with van der Waals surface area (Å²) >= 11 is 1.71. The third-order valence-corrected chi connectivity index (χ3v) is 5.18. The summed E-state index contributed by atoms with van der Waals surface area (Å²) in [7, 11) is 0. The summed E-state index contributed by atoms with van der Waals surface area (Å²) in [5.41, 5.74) is 0.929. The van der Waals surface area contributed by atoms with Crippen molar-refractivity contribution in [3.05, 3.63) is 52.2 Å². The molecule has 2 N–H and O–H groups in total. The van der Waals surface area contributed by atoms with Crippen molar-refractivity contribution in [2.75, 3.05) is 25.0 Å². The number of urea groups is 1. The van der Waals surface area contributed by atoms with Crippen LogP contribution in [0.5, 0.6) is 0 Å². The standard InChI is InChI=1S/C18H21F2N3OS/c19-15-2-1-3-16(20)17(15)22-18(24)21-10-13-4-7-23(8-5-13)11-14-6-9-25-12-14/h1-3,6,9,12-13H,4-5,7-8,10-11H2,(H2,21,22,24). The summed E-state index contributed by atoms with van der Waals surface area (Å²) in [6, 6.07) is 5.05. The number of nitrogens with one attached hydrogen (secondary N) is 2. The number of anilines is 1. The van der Waals surface area contributed by atoms with Gasteiger partial charge >= 0.3 is 6.03 Å². The quantitative estimate of drug-likeness (QED) is 0.839. The van der Waals surface area contributed by atoms with Gasteiger partial charge in [-0.25, -0.2) is 13.6 Å². The van der Waals surface area contributed by atoms with Crippen molar-refractivity contribution in [2.45, 2.75) is 19.4 Å². The third-order valence-electron chi connectivity index (χ3n) is 4.45. The Morgan fingerprint density at radius 2 is 1.92 bits per heavy atom. The zero-order valence-corrected chi connectivity index (χ0v) is 14.6. The van der Waals surface area contributed by atoms with Gasteiger partial charge in [0.25, 0.3) is 0 Å². The average molecular weight is 365 g/mol. The summed E-state index contributed by atoms with van der Waals surface area (Å²) in [4.78, 5) is 14.3. The highest BCUT2D eigenvalue weighted by molar-refractivity contribution is 7.07. The molecule has 25 heavy (non-hydrogen) atoms. The smallest absolute Gasteiger partial charge is 0.319 e. The number of hydrogen-bond donors (Lipinski definition) is 2. The SMILES string of the molecule is O=C(NCC1CCN(Cc2ccsc2)CC1)Nc1c(F)cccc1F. The van der Waals surface area contributed by atoms with Crippen LogP contribution in [-0.4, -0.2) is 30.6 Å². The fraction of sp³-hybridized carbons (Fsp3) is 0.389. The van der Waals surface area contributed by atoms with E-state index in [0.29, 0.717) is 12.5 Å². The summed E-state index contributed by atoms with van der Waals surface area (Å²) < 4.78 is 27.0. The number of amides is 2. The number of hydrogen-bond acceptors (Lipinski definition) is 3. The summed E-state index contributed by atoms with van der Waals surface area (Å²) in [6.45, 7) is 3.46. The number of carbonyl (C=O) groups excluding carboxylic acids is 1. The Bertz CT molecular complexity index is 680. The number of carbonyl (C=O) groups is 1. The fourth-order valence-corrected chi connectivity index (χ4v) is 3.66. The topological polar surface area (TPSA) is 44.4 Å². The predicted molar refractivity (Wildman–Crippen MR) is 95.7 cm³/mol. The van der Waals surface area contributed by atoms with Gasteiger partial charge in [0.15, 0.2) is 0 Å². The lowest BCUT2D eigenvalue weighted by Crippen LogP contribution is -2.39. The van der Waals surface area contributed by atoms with Crippen LogP contribution >= 0.6 is 11.3 Å². The molecule has 1 aromatic heterocycles. The van der Waals surface area contributed by atoms with Crippen molar-refractivity contribution in [3.8, 4) is 0 Å². The molecule has 3 rings (SSSR count). The van der Waals surface area contributed by atoms with Crippen LogP contribution in [0, 0.1) is 17.6 Å². The van der Waals surface area contributed by atoms with Crippen LogP contribution in [-0.2, 0) is 6.54 Å². The van der Waals surface area contributed by atoms with Crippen molar-refractivity contribution in [1.82, 2.24) is 10.2 Å². The number of para-hydroxylation sites is 1. The second-order valence-corrected chi connectivity index (χ2v) is 7.06. The van der Waals surface area contributed by atoms with E-state index in [1.165, 1.54) is 11.6 Å². The molecule has 0 spiro atoms. The van der Waals surface area contributed by atoms with Gasteiger partial charge in [0.05, 0.1) is 0 Å². The Morgan fingerprint density at radius 1 is 1.20 bits per heavy atom. The summed E-state index contributed by atoms with van der Waals surface area (Å²) in [5, 5.41) is 9.22. The van der Waals surface area contributed by atoms with Crippen LogP contribution in [0.2, 0.25) is 0 Å². The number of nitrogens with zero attached hydrogens (tertiary/aromatic N) is 1. The van der Waals surface area contributed by atoms with E-state index in [2.05, 4.69) is 32.4 Å². The Kier molecular flexibility index (Phi) is 5.99. The molecule has 0 radical (unpaired) electrons. The van der Waals surface area contributed by atoms with Crippen molar-refractivity contribution in [3.63, 3.8) is 0 Å². The van der Waals surface area contributed by atoms with Crippen LogP contribution in [0.3, 0.4) is 0 Å². The Morgan fingerprint density at radius 3 is 2.56 bits per heavy atom. The molecule has 4 nitrogen and oxygen atoms in total. The third kappa shape index (κ3) is 4.99. The molecule has 134 valence electrons. The highest BCUT2D eigenvalue weighted by atomic mass is 32.1. The highest BCUT2D eigenvalue weighted by Gasteiger charge is 2.20. The first-order chi connectivity index (χ1) is 12.1. The van der Waals surface area contributed by atoms with Crippen LogP contribution < -0.4 is 10.6 Å². The van der Waals surface area contributed by atoms with E-state index in [4.69, 9.17) is 0 Å². The van der Waals surface area contributed by atoms with E-state index in [9.17, 15) is 13.6 Å². The van der Waals surface area contributed by atoms with E-state index in [1.807, 2.05) is 0 Å². The molecule has 1 aliphatic heterocycles. The number of thiophene rings is 1. The molecule has 1 aromatic carbocycles. The minimum Gasteiger partial charge on any atom is -0.338 e. The van der Waals surface area contributed by atoms with Gasteiger partial charge in [-0.1, -0.05) is 6.07 Å². The zero-order valence-electron chi connectivity index (χ0n) is 13.8. The minimum absolute atomic E-state index is 0.384. The Balaban J connectivity index is 1.40. The van der Waals surface area contributed by atoms with Crippen molar-refractivity contribution < 1.29 is 13.6 Å². The van der Waals surface area contributed by atoms with E-state index in [-0.39, 0.29) is 0 Å². The van der Waals surface area contributed by atoms with E-state index >= 15 is 0 Å². The van der Waals surface area contributed by atoms with Gasteiger partial charge in [0, 0.05) is 13.1 Å². The largest absolute Gasteiger partial charge is 0.338 e. The number of likely N-dealkylation sites (tertiary alicyclic amines) is 1. The molecule has 2 amide bonds. The van der Waals surface area contributed by atoms with Gasteiger partial charge in [-0.05, 0) is 66.4 Å². The molecule has 0 unspecified atom stereocenters. The molecule has 2 aromatic rings. The van der Waals surface area contributed by atoms with Crippen LogP contribution in [0.25, 0.3) is 0 Å². The lowest BCUT2D eigenvalue weighted by Gasteiger charge is -2.31. The Labute approximate surface area is 149 Å². The van der Waals surface area contributed by atoms with Gasteiger partial charge in [-0.2, -0.15) is 11.3 Å². The number of piperidine rings is 1. The number of halogens is 2. The number of benzene rings is 1. The molecule has 0 saturated carbocycles. The molecular formula is C18H21F2N3OS. The van der Waals surface area contributed by atoms with Gasteiger partial charge in [0.1, 0.15) is 17.3 Å². The maximum absolute atomic E-state index is 13.5. The van der Waals surface area contributed by atoms with E-state index < -0.39 is 23.4 Å². The molecule has 1 aliphatic rings. The Hall–Kier alpha value is -1.99. The lowest BCUT2D eigenvalue weighted by molar-refractivity contribution is 0.176. The molecule has 0 aliphatic carbocycles. The maximum atomic E-state index is 13.5. The second-order valence-electron chi connectivity index (χ2n) is 6.28. The minimum atomic E-state index is -0.781. The summed E-state index contributed by atoms with van der Waals surface area (Å²) in [5.74, 6) is -1.18. The van der Waals surface area contributed by atoms with Gasteiger partial charge < -0.3 is 10.6 Å². The molecule has 0 bridgehead atoms. The van der Waals surface area contributed by atoms with E-state index in [0.717, 1.165) is 44.6 Å². The first kappa shape index (κ1) is 17.8. The highest BCUT2D eigenvalue weighted by Crippen LogP contribution is 2.20. The molecule has 7 heteroatoms. The fourth-order valence-electron chi connectivity index (χ4n) is 3.00.